The lowest BCUT2D eigenvalue weighted by molar-refractivity contribution is 0.337. The maximum Gasteiger partial charge on any atom is 0.119 e. The molecular weight excluding hydrogens is 288 g/mol. The van der Waals surface area contributed by atoms with Crippen molar-refractivity contribution in [2.24, 2.45) is 11.7 Å². The fourth-order valence-electron chi connectivity index (χ4n) is 3.49. The first-order valence-corrected chi connectivity index (χ1v) is 8.59. The third kappa shape index (κ3) is 3.72. The first kappa shape index (κ1) is 16.0. The Kier molecular flexibility index (Phi) is 5.28. The van der Waals surface area contributed by atoms with Gasteiger partial charge in [-0.3, -0.25) is 0 Å². The summed E-state index contributed by atoms with van der Waals surface area (Å²) < 4.78 is 7.16. The van der Waals surface area contributed by atoms with Crippen LogP contribution in [0.2, 0.25) is 0 Å². The maximum absolute atomic E-state index is 5.86. The molecule has 0 spiro atoms. The molecule has 1 saturated carbocycles. The summed E-state index contributed by atoms with van der Waals surface area (Å²) in [6, 6.07) is 7.92. The van der Waals surface area contributed by atoms with Crippen molar-refractivity contribution in [1.29, 1.82) is 0 Å². The van der Waals surface area contributed by atoms with E-state index < -0.39 is 0 Å². The molecule has 0 unspecified atom stereocenters. The standard InChI is InChI=1S/C18H26N4O/c1-23-16-10-8-15(9-11-16)22-18(17(13-19)20-21-22)12-7-14-5-3-2-4-6-14/h8-11,14H,2-7,12-13,19H2,1H3. The van der Waals surface area contributed by atoms with Crippen molar-refractivity contribution in [2.75, 3.05) is 7.11 Å². The van der Waals surface area contributed by atoms with Crippen LogP contribution >= 0.6 is 0 Å². The van der Waals surface area contributed by atoms with Crippen molar-refractivity contribution in [3.63, 3.8) is 0 Å². The summed E-state index contributed by atoms with van der Waals surface area (Å²) in [4.78, 5) is 0. The summed E-state index contributed by atoms with van der Waals surface area (Å²) in [5.74, 6) is 1.69. The van der Waals surface area contributed by atoms with E-state index in [0.717, 1.165) is 35.2 Å². The van der Waals surface area contributed by atoms with Crippen LogP contribution in [0.1, 0.15) is 49.9 Å². The summed E-state index contributed by atoms with van der Waals surface area (Å²) in [6.45, 7) is 0.441. The number of hydrogen-bond acceptors (Lipinski definition) is 4. The zero-order valence-corrected chi connectivity index (χ0v) is 13.9. The first-order valence-electron chi connectivity index (χ1n) is 8.59. The fraction of sp³-hybridized carbons (Fsp3) is 0.556. The van der Waals surface area contributed by atoms with Gasteiger partial charge in [0.05, 0.1) is 24.2 Å². The molecule has 1 aliphatic rings. The lowest BCUT2D eigenvalue weighted by Crippen LogP contribution is -2.11. The van der Waals surface area contributed by atoms with Crippen molar-refractivity contribution in [3.05, 3.63) is 35.7 Å². The van der Waals surface area contributed by atoms with Crippen molar-refractivity contribution in [3.8, 4) is 11.4 Å². The topological polar surface area (TPSA) is 66.0 Å². The van der Waals surface area contributed by atoms with E-state index >= 15 is 0 Å². The van der Waals surface area contributed by atoms with Crippen molar-refractivity contribution < 1.29 is 4.74 Å². The molecule has 124 valence electrons. The Balaban J connectivity index is 1.78. The van der Waals surface area contributed by atoms with Crippen molar-refractivity contribution in [1.82, 2.24) is 15.0 Å². The molecule has 1 aliphatic carbocycles. The van der Waals surface area contributed by atoms with Gasteiger partial charge in [-0.2, -0.15) is 0 Å². The van der Waals surface area contributed by atoms with Gasteiger partial charge in [-0.15, -0.1) is 5.10 Å². The summed E-state index contributed by atoms with van der Waals surface area (Å²) in [5.41, 5.74) is 8.94. The molecule has 0 amide bonds. The predicted octanol–water partition coefficient (Wildman–Crippen LogP) is 3.25. The number of aromatic nitrogens is 3. The molecule has 1 aromatic heterocycles. The van der Waals surface area contributed by atoms with Crippen LogP contribution in [0, 0.1) is 5.92 Å². The van der Waals surface area contributed by atoms with Crippen LogP contribution in [0.15, 0.2) is 24.3 Å². The van der Waals surface area contributed by atoms with Gasteiger partial charge in [0.15, 0.2) is 0 Å². The second kappa shape index (κ2) is 7.59. The highest BCUT2D eigenvalue weighted by Crippen LogP contribution is 2.28. The zero-order chi connectivity index (χ0) is 16.1. The van der Waals surface area contributed by atoms with Crippen LogP contribution < -0.4 is 10.5 Å². The Bertz CT molecular complexity index is 614. The number of hydrogen-bond donors (Lipinski definition) is 1. The Morgan fingerprint density at radius 3 is 2.57 bits per heavy atom. The van der Waals surface area contributed by atoms with Gasteiger partial charge in [-0.1, -0.05) is 37.3 Å². The van der Waals surface area contributed by atoms with Gasteiger partial charge in [0.1, 0.15) is 5.75 Å². The summed E-state index contributed by atoms with van der Waals surface area (Å²) in [5, 5.41) is 8.60. The zero-order valence-electron chi connectivity index (χ0n) is 13.9. The van der Waals surface area contributed by atoms with Gasteiger partial charge in [0, 0.05) is 6.54 Å². The average Bonchev–Trinajstić information content (AvgIpc) is 3.04. The molecule has 5 heteroatoms. The van der Waals surface area contributed by atoms with E-state index in [4.69, 9.17) is 10.5 Å². The van der Waals surface area contributed by atoms with E-state index in [1.54, 1.807) is 7.11 Å². The highest BCUT2D eigenvalue weighted by molar-refractivity contribution is 5.38. The molecule has 2 aromatic rings. The summed E-state index contributed by atoms with van der Waals surface area (Å²) in [6.07, 6.45) is 9.08. The molecule has 0 radical (unpaired) electrons. The first-order chi connectivity index (χ1) is 11.3. The van der Waals surface area contributed by atoms with Crippen LogP contribution in [0.3, 0.4) is 0 Å². The van der Waals surface area contributed by atoms with Crippen LogP contribution in [0.5, 0.6) is 5.75 Å². The normalized spacial score (nSPS) is 15.7. The third-order valence-electron chi connectivity index (χ3n) is 4.87. The number of methoxy groups -OCH3 is 1. The molecule has 1 fully saturated rings. The Morgan fingerprint density at radius 1 is 1.17 bits per heavy atom. The highest BCUT2D eigenvalue weighted by atomic mass is 16.5. The van der Waals surface area contributed by atoms with E-state index in [1.807, 2.05) is 28.9 Å². The van der Waals surface area contributed by atoms with E-state index in [9.17, 15) is 0 Å². The van der Waals surface area contributed by atoms with Gasteiger partial charge in [0.25, 0.3) is 0 Å². The number of nitrogens with two attached hydrogens (primary N) is 1. The number of benzene rings is 1. The van der Waals surface area contributed by atoms with Gasteiger partial charge in [0.2, 0.25) is 0 Å². The summed E-state index contributed by atoms with van der Waals surface area (Å²) >= 11 is 0. The molecule has 23 heavy (non-hydrogen) atoms. The van der Waals surface area contributed by atoms with E-state index in [0.29, 0.717) is 6.54 Å². The third-order valence-corrected chi connectivity index (χ3v) is 4.87. The monoisotopic (exact) mass is 314 g/mol. The van der Waals surface area contributed by atoms with Crippen molar-refractivity contribution >= 4 is 0 Å². The molecule has 0 bridgehead atoms. The number of ether oxygens (including phenoxy) is 1. The summed E-state index contributed by atoms with van der Waals surface area (Å²) in [7, 11) is 1.67. The number of nitrogens with zero attached hydrogens (tertiary/aromatic N) is 3. The Hall–Kier alpha value is -1.88. The maximum atomic E-state index is 5.86. The second-order valence-corrected chi connectivity index (χ2v) is 6.34. The Morgan fingerprint density at radius 2 is 1.91 bits per heavy atom. The minimum atomic E-state index is 0.441. The largest absolute Gasteiger partial charge is 0.497 e. The van der Waals surface area contributed by atoms with Gasteiger partial charge >= 0.3 is 0 Å². The van der Waals surface area contributed by atoms with Gasteiger partial charge in [-0.25, -0.2) is 4.68 Å². The van der Waals surface area contributed by atoms with E-state index in [-0.39, 0.29) is 0 Å². The molecule has 0 saturated heterocycles. The van der Waals surface area contributed by atoms with E-state index in [1.165, 1.54) is 38.5 Å². The molecule has 5 nitrogen and oxygen atoms in total. The minimum absolute atomic E-state index is 0.441. The lowest BCUT2D eigenvalue weighted by Gasteiger charge is -2.21. The average molecular weight is 314 g/mol. The van der Waals surface area contributed by atoms with Gasteiger partial charge in [-0.05, 0) is 43.0 Å². The molecule has 1 heterocycles. The molecular formula is C18H26N4O. The highest BCUT2D eigenvalue weighted by Gasteiger charge is 2.18. The van der Waals surface area contributed by atoms with Crippen molar-refractivity contribution in [2.45, 2.75) is 51.5 Å². The number of rotatable bonds is 6. The SMILES string of the molecule is COc1ccc(-n2nnc(CN)c2CCC2CCCCC2)cc1. The minimum Gasteiger partial charge on any atom is -0.497 e. The van der Waals surface area contributed by atoms with Crippen LogP contribution in [-0.2, 0) is 13.0 Å². The lowest BCUT2D eigenvalue weighted by atomic mass is 9.85. The van der Waals surface area contributed by atoms with Crippen LogP contribution in [-0.4, -0.2) is 22.1 Å². The molecule has 0 aliphatic heterocycles. The quantitative estimate of drug-likeness (QED) is 0.889. The Labute approximate surface area is 137 Å². The second-order valence-electron chi connectivity index (χ2n) is 6.34. The predicted molar refractivity (Wildman–Crippen MR) is 90.7 cm³/mol. The fourth-order valence-corrected chi connectivity index (χ4v) is 3.49. The van der Waals surface area contributed by atoms with E-state index in [2.05, 4.69) is 10.3 Å². The molecule has 0 atom stereocenters. The van der Waals surface area contributed by atoms with Crippen LogP contribution in [0.4, 0.5) is 0 Å². The molecule has 1 aromatic carbocycles. The molecule has 2 N–H and O–H groups in total. The van der Waals surface area contributed by atoms with Gasteiger partial charge < -0.3 is 10.5 Å². The smallest absolute Gasteiger partial charge is 0.119 e. The molecule has 3 rings (SSSR count). The van der Waals surface area contributed by atoms with Crippen LogP contribution in [0.25, 0.3) is 5.69 Å².